The molecule has 4 heteroatoms. The summed E-state index contributed by atoms with van der Waals surface area (Å²) in [5.41, 5.74) is 2.23. The van der Waals surface area contributed by atoms with E-state index in [0.717, 1.165) is 12.2 Å². The molecular weight excluding hydrogens is 314 g/mol. The zero-order chi connectivity index (χ0) is 18.0. The molecule has 0 saturated heterocycles. The van der Waals surface area contributed by atoms with E-state index in [4.69, 9.17) is 4.74 Å². The number of hydrogen-bond donors (Lipinski definition) is 0. The lowest BCUT2D eigenvalue weighted by molar-refractivity contribution is 0.0647. The highest BCUT2D eigenvalue weighted by Gasteiger charge is 2.35. The molecule has 4 nitrogen and oxygen atoms in total. The summed E-state index contributed by atoms with van der Waals surface area (Å²) >= 11 is 0. The van der Waals surface area contributed by atoms with Crippen molar-refractivity contribution in [3.8, 4) is 5.75 Å². The van der Waals surface area contributed by atoms with E-state index in [-0.39, 0.29) is 17.7 Å². The molecule has 1 heterocycles. The van der Waals surface area contributed by atoms with Crippen molar-refractivity contribution in [2.45, 2.75) is 26.2 Å². The SMILES string of the molecule is COc1ccc([C@H](CCN2C(=O)c3ccccc3C2=O)C(C)C)cc1. The van der Waals surface area contributed by atoms with Gasteiger partial charge in [0.2, 0.25) is 0 Å². The van der Waals surface area contributed by atoms with Gasteiger partial charge in [0.1, 0.15) is 5.75 Å². The standard InChI is InChI=1S/C21H23NO3/c1-14(2)17(15-8-10-16(25-3)11-9-15)12-13-22-20(23)18-6-4-5-7-19(18)21(22)24/h4-11,14,17H,12-13H2,1-3H3/t17-/m1/s1. The predicted octanol–water partition coefficient (Wildman–Crippen LogP) is 4.12. The fraction of sp³-hybridized carbons (Fsp3) is 0.333. The van der Waals surface area contributed by atoms with Gasteiger partial charge in [0.05, 0.1) is 18.2 Å². The Labute approximate surface area is 148 Å². The third-order valence-electron chi connectivity index (χ3n) is 4.89. The second-order valence-corrected chi connectivity index (χ2v) is 6.72. The third-order valence-corrected chi connectivity index (χ3v) is 4.89. The van der Waals surface area contributed by atoms with Gasteiger partial charge in [-0.2, -0.15) is 0 Å². The highest BCUT2D eigenvalue weighted by atomic mass is 16.5. The van der Waals surface area contributed by atoms with Crippen molar-refractivity contribution in [3.63, 3.8) is 0 Å². The summed E-state index contributed by atoms with van der Waals surface area (Å²) in [7, 11) is 1.65. The molecular formula is C21H23NO3. The maximum atomic E-state index is 12.5. The maximum absolute atomic E-state index is 12.5. The lowest BCUT2D eigenvalue weighted by atomic mass is 9.85. The Morgan fingerprint density at radius 2 is 1.48 bits per heavy atom. The summed E-state index contributed by atoms with van der Waals surface area (Å²) < 4.78 is 5.22. The first-order valence-corrected chi connectivity index (χ1v) is 8.62. The summed E-state index contributed by atoms with van der Waals surface area (Å²) in [6, 6.07) is 15.1. The monoisotopic (exact) mass is 337 g/mol. The molecule has 0 fully saturated rings. The van der Waals surface area contributed by atoms with Crippen LogP contribution in [0.15, 0.2) is 48.5 Å². The van der Waals surface area contributed by atoms with Crippen molar-refractivity contribution in [1.29, 1.82) is 0 Å². The number of ether oxygens (including phenoxy) is 1. The van der Waals surface area contributed by atoms with E-state index in [1.165, 1.54) is 10.5 Å². The highest BCUT2D eigenvalue weighted by molar-refractivity contribution is 6.21. The quantitative estimate of drug-likeness (QED) is 0.745. The van der Waals surface area contributed by atoms with Crippen LogP contribution in [-0.2, 0) is 0 Å². The third kappa shape index (κ3) is 3.29. The van der Waals surface area contributed by atoms with E-state index in [1.54, 1.807) is 31.4 Å². The number of amides is 2. The van der Waals surface area contributed by atoms with Gasteiger partial charge in [-0.15, -0.1) is 0 Å². The number of benzene rings is 2. The molecule has 0 spiro atoms. The zero-order valence-corrected chi connectivity index (χ0v) is 14.9. The van der Waals surface area contributed by atoms with Gasteiger partial charge in [0.25, 0.3) is 11.8 Å². The molecule has 2 amide bonds. The van der Waals surface area contributed by atoms with Crippen molar-refractivity contribution >= 4 is 11.8 Å². The number of hydrogen-bond acceptors (Lipinski definition) is 3. The first-order chi connectivity index (χ1) is 12.0. The number of imide groups is 1. The number of fused-ring (bicyclic) bond motifs is 1. The van der Waals surface area contributed by atoms with Gasteiger partial charge in [0, 0.05) is 6.54 Å². The van der Waals surface area contributed by atoms with Crippen molar-refractivity contribution in [3.05, 3.63) is 65.2 Å². The van der Waals surface area contributed by atoms with Crippen LogP contribution in [0.25, 0.3) is 0 Å². The van der Waals surface area contributed by atoms with E-state index in [2.05, 4.69) is 26.0 Å². The van der Waals surface area contributed by atoms with Crippen LogP contribution in [0.4, 0.5) is 0 Å². The molecule has 0 saturated carbocycles. The Bertz CT molecular complexity index is 745. The lowest BCUT2D eigenvalue weighted by Crippen LogP contribution is -2.32. The fourth-order valence-electron chi connectivity index (χ4n) is 3.45. The van der Waals surface area contributed by atoms with Crippen LogP contribution in [0.5, 0.6) is 5.75 Å². The maximum Gasteiger partial charge on any atom is 0.261 e. The average Bonchev–Trinajstić information content (AvgIpc) is 2.87. The molecule has 0 aromatic heterocycles. The zero-order valence-electron chi connectivity index (χ0n) is 14.9. The van der Waals surface area contributed by atoms with Crippen molar-refractivity contribution < 1.29 is 14.3 Å². The number of nitrogens with zero attached hydrogens (tertiary/aromatic N) is 1. The molecule has 0 N–H and O–H groups in total. The van der Waals surface area contributed by atoms with E-state index >= 15 is 0 Å². The number of carbonyl (C=O) groups excluding carboxylic acids is 2. The summed E-state index contributed by atoms with van der Waals surface area (Å²) in [4.78, 5) is 26.4. The summed E-state index contributed by atoms with van der Waals surface area (Å²) in [6.45, 7) is 4.76. The smallest absolute Gasteiger partial charge is 0.261 e. The normalized spacial score (nSPS) is 14.8. The van der Waals surface area contributed by atoms with Gasteiger partial charge < -0.3 is 4.74 Å². The van der Waals surface area contributed by atoms with E-state index in [1.807, 2.05) is 12.1 Å². The predicted molar refractivity (Wildman–Crippen MR) is 97.0 cm³/mol. The highest BCUT2D eigenvalue weighted by Crippen LogP contribution is 2.31. The summed E-state index contributed by atoms with van der Waals surface area (Å²) in [5.74, 6) is 1.14. The second-order valence-electron chi connectivity index (χ2n) is 6.72. The van der Waals surface area contributed by atoms with Gasteiger partial charge in [-0.05, 0) is 48.1 Å². The van der Waals surface area contributed by atoms with Crippen LogP contribution >= 0.6 is 0 Å². The number of carbonyl (C=O) groups is 2. The van der Waals surface area contributed by atoms with Gasteiger partial charge >= 0.3 is 0 Å². The minimum absolute atomic E-state index is 0.183. The minimum atomic E-state index is -0.183. The molecule has 3 rings (SSSR count). The minimum Gasteiger partial charge on any atom is -0.497 e. The lowest BCUT2D eigenvalue weighted by Gasteiger charge is -2.24. The van der Waals surface area contributed by atoms with Crippen LogP contribution in [0.1, 0.15) is 52.5 Å². The first kappa shape index (κ1) is 17.2. The van der Waals surface area contributed by atoms with Crippen molar-refractivity contribution in [2.24, 2.45) is 5.92 Å². The van der Waals surface area contributed by atoms with E-state index < -0.39 is 0 Å². The molecule has 1 atom stereocenters. The van der Waals surface area contributed by atoms with Crippen LogP contribution in [0.3, 0.4) is 0 Å². The molecule has 1 aliphatic heterocycles. The molecule has 0 unspecified atom stereocenters. The molecule has 2 aromatic rings. The summed E-state index contributed by atoms with van der Waals surface area (Å²) in [5, 5.41) is 0. The van der Waals surface area contributed by atoms with Crippen molar-refractivity contribution in [2.75, 3.05) is 13.7 Å². The fourth-order valence-corrected chi connectivity index (χ4v) is 3.45. The molecule has 0 radical (unpaired) electrons. The molecule has 0 aliphatic carbocycles. The Morgan fingerprint density at radius 3 is 1.96 bits per heavy atom. The molecule has 130 valence electrons. The Kier molecular flexibility index (Phi) is 4.88. The van der Waals surface area contributed by atoms with E-state index in [9.17, 15) is 9.59 Å². The van der Waals surface area contributed by atoms with Gasteiger partial charge in [-0.25, -0.2) is 0 Å². The molecule has 1 aliphatic rings. The largest absolute Gasteiger partial charge is 0.497 e. The second kappa shape index (κ2) is 7.09. The number of methoxy groups -OCH3 is 1. The molecule has 0 bridgehead atoms. The van der Waals surface area contributed by atoms with Gasteiger partial charge in [-0.3, -0.25) is 14.5 Å². The van der Waals surface area contributed by atoms with Gasteiger partial charge in [-0.1, -0.05) is 38.1 Å². The van der Waals surface area contributed by atoms with Crippen molar-refractivity contribution in [1.82, 2.24) is 4.90 Å². The first-order valence-electron chi connectivity index (χ1n) is 8.62. The van der Waals surface area contributed by atoms with Crippen LogP contribution in [0.2, 0.25) is 0 Å². The summed E-state index contributed by atoms with van der Waals surface area (Å²) in [6.07, 6.45) is 0.746. The average molecular weight is 337 g/mol. The van der Waals surface area contributed by atoms with Crippen LogP contribution < -0.4 is 4.74 Å². The Hall–Kier alpha value is -2.62. The topological polar surface area (TPSA) is 46.6 Å². The number of rotatable bonds is 6. The Balaban J connectivity index is 1.74. The van der Waals surface area contributed by atoms with Crippen LogP contribution in [0, 0.1) is 5.92 Å². The molecule has 25 heavy (non-hydrogen) atoms. The van der Waals surface area contributed by atoms with Crippen LogP contribution in [-0.4, -0.2) is 30.4 Å². The Morgan fingerprint density at radius 1 is 0.920 bits per heavy atom. The molecule has 2 aromatic carbocycles. The van der Waals surface area contributed by atoms with Gasteiger partial charge in [0.15, 0.2) is 0 Å². The van der Waals surface area contributed by atoms with E-state index in [0.29, 0.717) is 23.6 Å².